The number of aryl methyl sites for hydroxylation is 2. The lowest BCUT2D eigenvalue weighted by Gasteiger charge is -2.18. The van der Waals surface area contributed by atoms with Gasteiger partial charge in [-0.15, -0.1) is 0 Å². The van der Waals surface area contributed by atoms with Gasteiger partial charge in [0.25, 0.3) is 0 Å². The van der Waals surface area contributed by atoms with Gasteiger partial charge in [0.2, 0.25) is 0 Å². The van der Waals surface area contributed by atoms with Gasteiger partial charge in [0, 0.05) is 5.41 Å². The second-order valence-electron chi connectivity index (χ2n) is 10.0. The SMILES string of the molecule is CCC(CCc1ccc(OCC(=O)C(C)(C)C)c(C)c1)c1ccc2cc(C(=O)OC)ccc2c1. The molecule has 0 aliphatic carbocycles. The number of rotatable bonds is 9. The summed E-state index contributed by atoms with van der Waals surface area (Å²) in [6.07, 6.45) is 3.07. The van der Waals surface area contributed by atoms with Gasteiger partial charge in [0.05, 0.1) is 12.7 Å². The van der Waals surface area contributed by atoms with Gasteiger partial charge in [-0.05, 0) is 77.8 Å². The predicted molar refractivity (Wildman–Crippen MR) is 138 cm³/mol. The quantitative estimate of drug-likeness (QED) is 0.321. The Morgan fingerprint density at radius 3 is 2.29 bits per heavy atom. The Kier molecular flexibility index (Phi) is 8.14. The highest BCUT2D eigenvalue weighted by Gasteiger charge is 2.21. The summed E-state index contributed by atoms with van der Waals surface area (Å²) in [7, 11) is 1.40. The summed E-state index contributed by atoms with van der Waals surface area (Å²) < 4.78 is 10.6. The fraction of sp³-hybridized carbons (Fsp3) is 0.400. The number of carbonyl (C=O) groups excluding carboxylic acids is 2. The second kappa shape index (κ2) is 10.9. The second-order valence-corrected chi connectivity index (χ2v) is 10.0. The molecular formula is C30H36O4. The van der Waals surface area contributed by atoms with Crippen molar-refractivity contribution in [3.05, 3.63) is 76.9 Å². The van der Waals surface area contributed by atoms with E-state index in [0.29, 0.717) is 11.5 Å². The monoisotopic (exact) mass is 460 g/mol. The van der Waals surface area contributed by atoms with Crippen molar-refractivity contribution < 1.29 is 19.1 Å². The highest BCUT2D eigenvalue weighted by molar-refractivity contribution is 5.95. The molecule has 3 rings (SSSR count). The maximum atomic E-state index is 12.2. The smallest absolute Gasteiger partial charge is 0.337 e. The molecule has 4 nitrogen and oxygen atoms in total. The molecule has 0 aliphatic heterocycles. The first kappa shape index (κ1) is 25.5. The van der Waals surface area contributed by atoms with Gasteiger partial charge < -0.3 is 9.47 Å². The van der Waals surface area contributed by atoms with Gasteiger partial charge >= 0.3 is 5.97 Å². The van der Waals surface area contributed by atoms with Crippen molar-refractivity contribution in [2.75, 3.05) is 13.7 Å². The maximum absolute atomic E-state index is 12.2. The van der Waals surface area contributed by atoms with Crippen molar-refractivity contribution in [2.24, 2.45) is 5.41 Å². The van der Waals surface area contributed by atoms with E-state index in [4.69, 9.17) is 9.47 Å². The van der Waals surface area contributed by atoms with Crippen LogP contribution in [0.15, 0.2) is 54.6 Å². The van der Waals surface area contributed by atoms with Gasteiger partial charge in [-0.1, -0.05) is 64.1 Å². The van der Waals surface area contributed by atoms with Crippen LogP contribution in [0.5, 0.6) is 5.75 Å². The summed E-state index contributed by atoms with van der Waals surface area (Å²) in [6.45, 7) is 10.1. The lowest BCUT2D eigenvalue weighted by atomic mass is 9.88. The average molecular weight is 461 g/mol. The van der Waals surface area contributed by atoms with E-state index in [1.807, 2.05) is 52.0 Å². The van der Waals surface area contributed by atoms with Crippen LogP contribution in [0.4, 0.5) is 0 Å². The molecule has 0 saturated carbocycles. The number of hydrogen-bond donors (Lipinski definition) is 0. The van der Waals surface area contributed by atoms with E-state index < -0.39 is 5.41 Å². The largest absolute Gasteiger partial charge is 0.486 e. The van der Waals surface area contributed by atoms with Crippen LogP contribution in [-0.4, -0.2) is 25.5 Å². The summed E-state index contributed by atoms with van der Waals surface area (Å²) >= 11 is 0. The van der Waals surface area contributed by atoms with E-state index in [1.165, 1.54) is 18.2 Å². The van der Waals surface area contributed by atoms with Crippen LogP contribution in [0.2, 0.25) is 0 Å². The Morgan fingerprint density at radius 1 is 0.941 bits per heavy atom. The Morgan fingerprint density at radius 2 is 1.65 bits per heavy atom. The number of hydrogen-bond acceptors (Lipinski definition) is 4. The lowest BCUT2D eigenvalue weighted by molar-refractivity contribution is -0.128. The molecule has 3 aromatic carbocycles. The summed E-state index contributed by atoms with van der Waals surface area (Å²) in [6, 6.07) is 18.4. The van der Waals surface area contributed by atoms with Gasteiger partial charge in [-0.2, -0.15) is 0 Å². The normalized spacial score (nSPS) is 12.4. The molecule has 4 heteroatoms. The summed E-state index contributed by atoms with van der Waals surface area (Å²) in [4.78, 5) is 24.0. The van der Waals surface area contributed by atoms with E-state index in [0.717, 1.165) is 41.3 Å². The highest BCUT2D eigenvalue weighted by Crippen LogP contribution is 2.30. The third-order valence-corrected chi connectivity index (χ3v) is 6.47. The number of ether oxygens (including phenoxy) is 2. The van der Waals surface area contributed by atoms with Crippen molar-refractivity contribution in [1.29, 1.82) is 0 Å². The number of methoxy groups -OCH3 is 1. The van der Waals surface area contributed by atoms with Gasteiger partial charge in [-0.3, -0.25) is 4.79 Å². The first-order valence-corrected chi connectivity index (χ1v) is 12.0. The topological polar surface area (TPSA) is 52.6 Å². The third kappa shape index (κ3) is 6.25. The zero-order chi connectivity index (χ0) is 24.9. The van der Waals surface area contributed by atoms with Crippen molar-refractivity contribution in [2.45, 2.75) is 59.8 Å². The molecule has 0 aromatic heterocycles. The minimum Gasteiger partial charge on any atom is -0.486 e. The number of Topliss-reactive ketones (excluding diaryl/α,β-unsaturated/α-hetero) is 1. The fourth-order valence-electron chi connectivity index (χ4n) is 4.10. The molecule has 0 aliphatic rings. The molecule has 1 atom stereocenters. The van der Waals surface area contributed by atoms with E-state index in [1.54, 1.807) is 0 Å². The lowest BCUT2D eigenvalue weighted by Crippen LogP contribution is -2.26. The molecule has 0 saturated heterocycles. The Bertz CT molecular complexity index is 1170. The molecule has 3 aromatic rings. The third-order valence-electron chi connectivity index (χ3n) is 6.47. The van der Waals surface area contributed by atoms with Crippen LogP contribution in [0.3, 0.4) is 0 Å². The van der Waals surface area contributed by atoms with Crippen LogP contribution in [0.25, 0.3) is 10.8 Å². The molecule has 0 fully saturated rings. The van der Waals surface area contributed by atoms with Crippen molar-refractivity contribution >= 4 is 22.5 Å². The van der Waals surface area contributed by atoms with E-state index in [9.17, 15) is 9.59 Å². The molecule has 0 heterocycles. The van der Waals surface area contributed by atoms with Gasteiger partial charge in [0.1, 0.15) is 12.4 Å². The molecule has 1 unspecified atom stereocenters. The number of fused-ring (bicyclic) bond motifs is 1. The molecule has 0 amide bonds. The maximum Gasteiger partial charge on any atom is 0.337 e. The first-order valence-electron chi connectivity index (χ1n) is 12.0. The molecule has 180 valence electrons. The van der Waals surface area contributed by atoms with Crippen molar-refractivity contribution in [3.8, 4) is 5.75 Å². The van der Waals surface area contributed by atoms with Crippen LogP contribution in [-0.2, 0) is 16.0 Å². The van der Waals surface area contributed by atoms with E-state index in [-0.39, 0.29) is 18.4 Å². The van der Waals surface area contributed by atoms with Gasteiger partial charge in [0.15, 0.2) is 5.78 Å². The Balaban J connectivity index is 1.66. The molecular weight excluding hydrogens is 424 g/mol. The van der Waals surface area contributed by atoms with E-state index >= 15 is 0 Å². The molecule has 34 heavy (non-hydrogen) atoms. The first-order chi connectivity index (χ1) is 16.1. The summed E-state index contributed by atoms with van der Waals surface area (Å²) in [5, 5.41) is 2.17. The Labute approximate surface area is 203 Å². The fourth-order valence-corrected chi connectivity index (χ4v) is 4.10. The van der Waals surface area contributed by atoms with E-state index in [2.05, 4.69) is 37.3 Å². The Hall–Kier alpha value is -3.14. The van der Waals surface area contributed by atoms with Crippen LogP contribution >= 0.6 is 0 Å². The molecule has 0 radical (unpaired) electrons. The molecule has 0 bridgehead atoms. The highest BCUT2D eigenvalue weighted by atomic mass is 16.5. The minimum atomic E-state index is -0.393. The summed E-state index contributed by atoms with van der Waals surface area (Å²) in [5.74, 6) is 1.00. The number of ketones is 1. The number of benzene rings is 3. The standard InChI is InChI=1S/C30H36O4/c1-7-22(23-11-12-25-18-26(29(32)33-6)14-13-24(25)17-23)10-8-21-9-15-27(20(2)16-21)34-19-28(31)30(3,4)5/h9,11-18,22H,7-8,10,19H2,1-6H3. The van der Waals surface area contributed by atoms with Crippen LogP contribution < -0.4 is 4.74 Å². The van der Waals surface area contributed by atoms with Crippen LogP contribution in [0, 0.1) is 12.3 Å². The minimum absolute atomic E-state index is 0.0960. The van der Waals surface area contributed by atoms with Crippen molar-refractivity contribution in [3.63, 3.8) is 0 Å². The number of carbonyl (C=O) groups is 2. The van der Waals surface area contributed by atoms with Crippen molar-refractivity contribution in [1.82, 2.24) is 0 Å². The molecule has 0 spiro atoms. The predicted octanol–water partition coefficient (Wildman–Crippen LogP) is 7.06. The average Bonchev–Trinajstić information content (AvgIpc) is 2.82. The summed E-state index contributed by atoms with van der Waals surface area (Å²) in [5.41, 5.74) is 3.82. The molecule has 0 N–H and O–H groups in total. The van der Waals surface area contributed by atoms with Gasteiger partial charge in [-0.25, -0.2) is 4.79 Å². The number of esters is 1. The zero-order valence-electron chi connectivity index (χ0n) is 21.2. The van der Waals surface area contributed by atoms with Crippen LogP contribution in [0.1, 0.15) is 73.5 Å². The zero-order valence-corrected chi connectivity index (χ0v) is 21.2.